The molecule has 1 aromatic carbocycles. The monoisotopic (exact) mass is 299 g/mol. The van der Waals surface area contributed by atoms with Gasteiger partial charge in [-0.05, 0) is 24.3 Å². The van der Waals surface area contributed by atoms with Crippen LogP contribution in [-0.4, -0.2) is 36.9 Å². The fourth-order valence-electron chi connectivity index (χ4n) is 1.91. The normalized spacial score (nSPS) is 9.91. The van der Waals surface area contributed by atoms with Gasteiger partial charge in [0.15, 0.2) is 11.5 Å². The molecule has 2 aromatic rings. The van der Waals surface area contributed by atoms with Gasteiger partial charge in [0.1, 0.15) is 0 Å². The zero-order chi connectivity index (χ0) is 16.1. The predicted octanol–water partition coefficient (Wildman–Crippen LogP) is 1.89. The van der Waals surface area contributed by atoms with E-state index >= 15 is 0 Å². The topological polar surface area (TPSA) is 82.6 Å². The van der Waals surface area contributed by atoms with Crippen molar-refractivity contribution in [3.8, 4) is 0 Å². The first kappa shape index (κ1) is 15.4. The van der Waals surface area contributed by atoms with E-state index in [1.54, 1.807) is 18.2 Å². The molecule has 0 spiro atoms. The van der Waals surface area contributed by atoms with Gasteiger partial charge in [-0.2, -0.15) is 0 Å². The minimum atomic E-state index is -0.701. The first-order valence-electron chi connectivity index (χ1n) is 6.35. The summed E-state index contributed by atoms with van der Waals surface area (Å²) in [6.07, 6.45) is 1.40. The smallest absolute Gasteiger partial charge is 0.357 e. The summed E-state index contributed by atoms with van der Waals surface area (Å²) in [5.41, 5.74) is 0.535. The van der Waals surface area contributed by atoms with Crippen LogP contribution in [0.2, 0.25) is 0 Å². The fraction of sp³-hybridized carbons (Fsp3) is 0.125. The second-order valence-corrected chi connectivity index (χ2v) is 4.29. The van der Waals surface area contributed by atoms with E-state index in [2.05, 4.69) is 14.5 Å². The van der Waals surface area contributed by atoms with Gasteiger partial charge >= 0.3 is 11.9 Å². The van der Waals surface area contributed by atoms with Gasteiger partial charge in [0.05, 0.1) is 25.3 Å². The molecule has 6 heteroatoms. The number of ether oxygens (including phenoxy) is 2. The first-order valence-corrected chi connectivity index (χ1v) is 6.35. The molecule has 0 aliphatic rings. The number of esters is 2. The Morgan fingerprint density at radius 3 is 2.27 bits per heavy atom. The number of hydrogen-bond acceptors (Lipinski definition) is 6. The molecule has 0 atom stereocenters. The molecule has 2 rings (SSSR count). The van der Waals surface area contributed by atoms with Crippen molar-refractivity contribution in [3.63, 3.8) is 0 Å². The lowest BCUT2D eigenvalue weighted by Gasteiger charge is -2.07. The van der Waals surface area contributed by atoms with Crippen LogP contribution in [0.15, 0.2) is 42.6 Å². The van der Waals surface area contributed by atoms with Crippen LogP contribution in [0.4, 0.5) is 0 Å². The van der Waals surface area contributed by atoms with Crippen LogP contribution in [0.25, 0.3) is 0 Å². The highest BCUT2D eigenvalue weighted by molar-refractivity contribution is 6.14. The summed E-state index contributed by atoms with van der Waals surface area (Å²) >= 11 is 0. The Morgan fingerprint density at radius 2 is 1.59 bits per heavy atom. The summed E-state index contributed by atoms with van der Waals surface area (Å²) in [4.78, 5) is 39.6. The second kappa shape index (κ2) is 6.62. The Balaban J connectivity index is 2.45. The highest BCUT2D eigenvalue weighted by Crippen LogP contribution is 2.15. The van der Waals surface area contributed by atoms with Crippen LogP contribution in [0.3, 0.4) is 0 Å². The zero-order valence-corrected chi connectivity index (χ0v) is 12.0. The van der Waals surface area contributed by atoms with E-state index < -0.39 is 17.7 Å². The molecule has 0 saturated heterocycles. The summed E-state index contributed by atoms with van der Waals surface area (Å²) in [6, 6.07) is 9.07. The van der Waals surface area contributed by atoms with Gasteiger partial charge in [-0.15, -0.1) is 0 Å². The Kier molecular flexibility index (Phi) is 4.63. The van der Waals surface area contributed by atoms with E-state index in [0.29, 0.717) is 0 Å². The van der Waals surface area contributed by atoms with Gasteiger partial charge in [0.2, 0.25) is 0 Å². The highest BCUT2D eigenvalue weighted by Gasteiger charge is 2.20. The molecule has 22 heavy (non-hydrogen) atoms. The standard InChI is InChI=1S/C16H13NO5/c1-21-15(19)11-6-3-5-10(9-11)14(18)12-7-4-8-17-13(12)16(20)22-2/h3-9H,1-2H3. The second-order valence-electron chi connectivity index (χ2n) is 4.29. The molecule has 1 heterocycles. The quantitative estimate of drug-likeness (QED) is 0.633. The molecule has 6 nitrogen and oxygen atoms in total. The van der Waals surface area contributed by atoms with Crippen molar-refractivity contribution >= 4 is 17.7 Å². The number of rotatable bonds is 4. The Hall–Kier alpha value is -3.02. The lowest BCUT2D eigenvalue weighted by Crippen LogP contribution is -2.13. The Bertz CT molecular complexity index is 739. The minimum absolute atomic E-state index is 0.0709. The van der Waals surface area contributed by atoms with E-state index in [1.807, 2.05) is 0 Å². The van der Waals surface area contributed by atoms with Crippen molar-refractivity contribution in [3.05, 3.63) is 65.0 Å². The number of ketones is 1. The largest absolute Gasteiger partial charge is 0.465 e. The van der Waals surface area contributed by atoms with Gasteiger partial charge in [0.25, 0.3) is 0 Å². The highest BCUT2D eigenvalue weighted by atomic mass is 16.5. The number of benzene rings is 1. The first-order chi connectivity index (χ1) is 10.6. The van der Waals surface area contributed by atoms with E-state index in [1.165, 1.54) is 38.6 Å². The number of methoxy groups -OCH3 is 2. The van der Waals surface area contributed by atoms with E-state index in [9.17, 15) is 14.4 Å². The van der Waals surface area contributed by atoms with Crippen molar-refractivity contribution in [1.29, 1.82) is 0 Å². The molecule has 0 fully saturated rings. The molecule has 0 aliphatic heterocycles. The Morgan fingerprint density at radius 1 is 0.909 bits per heavy atom. The fourth-order valence-corrected chi connectivity index (χ4v) is 1.91. The van der Waals surface area contributed by atoms with Crippen LogP contribution in [0.1, 0.15) is 36.8 Å². The van der Waals surface area contributed by atoms with Gasteiger partial charge in [-0.3, -0.25) is 4.79 Å². The Labute approximate surface area is 126 Å². The van der Waals surface area contributed by atoms with Gasteiger partial charge in [0, 0.05) is 11.8 Å². The third kappa shape index (κ3) is 3.01. The molecule has 0 saturated carbocycles. The van der Waals surface area contributed by atoms with Crippen LogP contribution in [0, 0.1) is 0 Å². The SMILES string of the molecule is COC(=O)c1cccc(C(=O)c2cccnc2C(=O)OC)c1. The summed E-state index contributed by atoms with van der Waals surface area (Å²) < 4.78 is 9.23. The molecule has 112 valence electrons. The molecule has 0 N–H and O–H groups in total. The number of nitrogens with zero attached hydrogens (tertiary/aromatic N) is 1. The van der Waals surface area contributed by atoms with Crippen molar-refractivity contribution in [1.82, 2.24) is 4.98 Å². The van der Waals surface area contributed by atoms with Crippen LogP contribution >= 0.6 is 0 Å². The maximum absolute atomic E-state index is 12.6. The van der Waals surface area contributed by atoms with Gasteiger partial charge in [-0.1, -0.05) is 12.1 Å². The van der Waals surface area contributed by atoms with Gasteiger partial charge in [-0.25, -0.2) is 14.6 Å². The zero-order valence-electron chi connectivity index (χ0n) is 12.0. The van der Waals surface area contributed by atoms with E-state index in [-0.39, 0.29) is 22.4 Å². The lowest BCUT2D eigenvalue weighted by molar-refractivity contribution is 0.0585. The molecule has 0 amide bonds. The maximum atomic E-state index is 12.6. The van der Waals surface area contributed by atoms with Crippen molar-refractivity contribution < 1.29 is 23.9 Å². The number of hydrogen-bond donors (Lipinski definition) is 0. The molecule has 1 aromatic heterocycles. The minimum Gasteiger partial charge on any atom is -0.465 e. The van der Waals surface area contributed by atoms with Crippen molar-refractivity contribution in [2.75, 3.05) is 14.2 Å². The van der Waals surface area contributed by atoms with Gasteiger partial charge < -0.3 is 9.47 Å². The molecule has 0 radical (unpaired) electrons. The number of carbonyl (C=O) groups is 3. The molecule has 0 aliphatic carbocycles. The van der Waals surface area contributed by atoms with E-state index in [0.717, 1.165) is 0 Å². The molecule has 0 bridgehead atoms. The predicted molar refractivity (Wildman–Crippen MR) is 76.8 cm³/mol. The lowest BCUT2D eigenvalue weighted by atomic mass is 10.00. The van der Waals surface area contributed by atoms with Crippen molar-refractivity contribution in [2.24, 2.45) is 0 Å². The van der Waals surface area contributed by atoms with E-state index in [4.69, 9.17) is 0 Å². The number of carbonyl (C=O) groups excluding carboxylic acids is 3. The van der Waals surface area contributed by atoms with Crippen LogP contribution in [0.5, 0.6) is 0 Å². The summed E-state index contributed by atoms with van der Waals surface area (Å²) in [5.74, 6) is -1.68. The third-order valence-electron chi connectivity index (χ3n) is 2.98. The average molecular weight is 299 g/mol. The summed E-state index contributed by atoms with van der Waals surface area (Å²) in [5, 5.41) is 0. The van der Waals surface area contributed by atoms with Crippen LogP contribution < -0.4 is 0 Å². The molecular weight excluding hydrogens is 286 g/mol. The summed E-state index contributed by atoms with van der Waals surface area (Å²) in [7, 11) is 2.47. The van der Waals surface area contributed by atoms with Crippen molar-refractivity contribution in [2.45, 2.75) is 0 Å². The van der Waals surface area contributed by atoms with Crippen LogP contribution in [-0.2, 0) is 9.47 Å². The molecule has 0 unspecified atom stereocenters. The molecular formula is C16H13NO5. The third-order valence-corrected chi connectivity index (χ3v) is 2.98. The average Bonchev–Trinajstić information content (AvgIpc) is 2.59. The number of aromatic nitrogens is 1. The maximum Gasteiger partial charge on any atom is 0.357 e. The summed E-state index contributed by atoms with van der Waals surface area (Å²) in [6.45, 7) is 0. The number of pyridine rings is 1.